The number of carbonyl (C=O) groups excluding carboxylic acids is 1. The summed E-state index contributed by atoms with van der Waals surface area (Å²) in [5.74, 6) is -0.381. The lowest BCUT2D eigenvalue weighted by atomic mass is 10.1. The van der Waals surface area contributed by atoms with E-state index in [2.05, 4.69) is 10.3 Å². The summed E-state index contributed by atoms with van der Waals surface area (Å²) in [6, 6.07) is 9.24. The Morgan fingerprint density at radius 2 is 1.79 bits per heavy atom. The lowest BCUT2D eigenvalue weighted by molar-refractivity contribution is 0.102. The summed E-state index contributed by atoms with van der Waals surface area (Å²) in [4.78, 5) is 26.7. The molecule has 1 amide bonds. The van der Waals surface area contributed by atoms with Gasteiger partial charge in [0.05, 0.1) is 0 Å². The van der Waals surface area contributed by atoms with E-state index in [1.54, 1.807) is 19.9 Å². The maximum absolute atomic E-state index is 12.2. The van der Waals surface area contributed by atoms with Gasteiger partial charge in [-0.1, -0.05) is 18.2 Å². The van der Waals surface area contributed by atoms with Crippen molar-refractivity contribution in [3.8, 4) is 0 Å². The average Bonchev–Trinajstić information content (AvgIpc) is 2.30. The van der Waals surface area contributed by atoms with E-state index in [0.29, 0.717) is 11.3 Å². The molecule has 0 fully saturated rings. The number of aromatic amines is 1. The zero-order chi connectivity index (χ0) is 14.0. The number of H-pyrrole nitrogens is 1. The van der Waals surface area contributed by atoms with Gasteiger partial charge in [0.15, 0.2) is 0 Å². The third kappa shape index (κ3) is 2.73. The molecule has 0 saturated carbocycles. The third-order valence-corrected chi connectivity index (χ3v) is 2.99. The van der Waals surface area contributed by atoms with E-state index in [9.17, 15) is 9.59 Å². The lowest BCUT2D eigenvalue weighted by Crippen LogP contribution is -2.25. The molecule has 2 N–H and O–H groups in total. The SMILES string of the molecule is Cc1cc(C)c(C(=O)Nc2ccccc2C)c(=O)[nH]1. The van der Waals surface area contributed by atoms with Gasteiger partial charge in [0, 0.05) is 11.4 Å². The molecule has 0 aliphatic carbocycles. The van der Waals surface area contributed by atoms with Gasteiger partial charge >= 0.3 is 0 Å². The van der Waals surface area contributed by atoms with Crippen LogP contribution in [0, 0.1) is 20.8 Å². The van der Waals surface area contributed by atoms with Crippen molar-refractivity contribution >= 4 is 11.6 Å². The van der Waals surface area contributed by atoms with E-state index in [0.717, 1.165) is 11.3 Å². The molecule has 1 heterocycles. The van der Waals surface area contributed by atoms with Crippen LogP contribution >= 0.6 is 0 Å². The van der Waals surface area contributed by atoms with Crippen LogP contribution in [0.1, 0.15) is 27.2 Å². The summed E-state index contributed by atoms with van der Waals surface area (Å²) >= 11 is 0. The topological polar surface area (TPSA) is 62.0 Å². The zero-order valence-corrected chi connectivity index (χ0v) is 11.2. The van der Waals surface area contributed by atoms with Crippen LogP contribution in [-0.4, -0.2) is 10.9 Å². The van der Waals surface area contributed by atoms with Crippen LogP contribution in [0.2, 0.25) is 0 Å². The fourth-order valence-corrected chi connectivity index (χ4v) is 2.03. The number of carbonyl (C=O) groups is 1. The van der Waals surface area contributed by atoms with Gasteiger partial charge in [-0.15, -0.1) is 0 Å². The van der Waals surface area contributed by atoms with Crippen molar-refractivity contribution < 1.29 is 4.79 Å². The number of pyridine rings is 1. The van der Waals surface area contributed by atoms with Gasteiger partial charge in [0.25, 0.3) is 11.5 Å². The lowest BCUT2D eigenvalue weighted by Gasteiger charge is -2.09. The fourth-order valence-electron chi connectivity index (χ4n) is 2.03. The number of hydrogen-bond donors (Lipinski definition) is 2. The molecule has 1 aromatic carbocycles. The summed E-state index contributed by atoms with van der Waals surface area (Å²) < 4.78 is 0. The third-order valence-electron chi connectivity index (χ3n) is 2.99. The van der Waals surface area contributed by atoms with Gasteiger partial charge in [-0.25, -0.2) is 0 Å². The van der Waals surface area contributed by atoms with E-state index >= 15 is 0 Å². The highest BCUT2D eigenvalue weighted by molar-refractivity contribution is 6.05. The normalized spacial score (nSPS) is 10.3. The molecule has 0 unspecified atom stereocenters. The Hall–Kier alpha value is -2.36. The van der Waals surface area contributed by atoms with Crippen molar-refractivity contribution in [2.24, 2.45) is 0 Å². The van der Waals surface area contributed by atoms with E-state index in [1.165, 1.54) is 0 Å². The monoisotopic (exact) mass is 256 g/mol. The predicted molar refractivity (Wildman–Crippen MR) is 75.7 cm³/mol. The molecule has 0 aliphatic heterocycles. The highest BCUT2D eigenvalue weighted by Crippen LogP contribution is 2.14. The Morgan fingerprint density at radius 3 is 2.42 bits per heavy atom. The molecule has 0 saturated heterocycles. The van der Waals surface area contributed by atoms with Crippen LogP contribution in [0.15, 0.2) is 35.1 Å². The van der Waals surface area contributed by atoms with Crippen molar-refractivity contribution in [2.75, 3.05) is 5.32 Å². The molecule has 2 aromatic rings. The Morgan fingerprint density at radius 1 is 1.11 bits per heavy atom. The second-order valence-electron chi connectivity index (χ2n) is 4.61. The first kappa shape index (κ1) is 13.1. The van der Waals surface area contributed by atoms with Crippen LogP contribution in [0.5, 0.6) is 0 Å². The van der Waals surface area contributed by atoms with Crippen molar-refractivity contribution in [3.05, 3.63) is 63.1 Å². The molecule has 0 spiro atoms. The molecule has 98 valence electrons. The van der Waals surface area contributed by atoms with Crippen molar-refractivity contribution in [1.82, 2.24) is 4.98 Å². The average molecular weight is 256 g/mol. The molecule has 1 aromatic heterocycles. The standard InChI is InChI=1S/C15H16N2O2/c1-9-6-4-5-7-12(9)17-15(19)13-10(2)8-11(3)16-14(13)18/h4-8H,1-3H3,(H,16,18)(H,17,19). The number of anilines is 1. The van der Waals surface area contributed by atoms with Crippen LogP contribution in [0.4, 0.5) is 5.69 Å². The van der Waals surface area contributed by atoms with Crippen LogP contribution in [-0.2, 0) is 0 Å². The first-order chi connectivity index (χ1) is 8.99. The maximum Gasteiger partial charge on any atom is 0.261 e. The summed E-state index contributed by atoms with van der Waals surface area (Å²) in [5.41, 5.74) is 2.89. The Kier molecular flexibility index (Phi) is 3.51. The maximum atomic E-state index is 12.2. The molecule has 0 atom stereocenters. The number of para-hydroxylation sites is 1. The summed E-state index contributed by atoms with van der Waals surface area (Å²) in [5, 5.41) is 2.77. The number of nitrogens with one attached hydrogen (secondary N) is 2. The number of aryl methyl sites for hydroxylation is 3. The Bertz CT molecular complexity index is 687. The number of benzene rings is 1. The molecular formula is C15H16N2O2. The van der Waals surface area contributed by atoms with Crippen LogP contribution < -0.4 is 10.9 Å². The largest absolute Gasteiger partial charge is 0.326 e. The van der Waals surface area contributed by atoms with Crippen LogP contribution in [0.25, 0.3) is 0 Å². The van der Waals surface area contributed by atoms with Gasteiger partial charge in [-0.2, -0.15) is 0 Å². The van der Waals surface area contributed by atoms with Gasteiger partial charge < -0.3 is 10.3 Å². The molecule has 4 heteroatoms. The van der Waals surface area contributed by atoms with Crippen molar-refractivity contribution in [3.63, 3.8) is 0 Å². The van der Waals surface area contributed by atoms with Crippen molar-refractivity contribution in [2.45, 2.75) is 20.8 Å². The first-order valence-corrected chi connectivity index (χ1v) is 6.06. The molecule has 2 rings (SSSR count). The summed E-state index contributed by atoms with van der Waals surface area (Å²) in [6.07, 6.45) is 0. The Balaban J connectivity index is 2.37. The second kappa shape index (κ2) is 5.10. The van der Waals surface area contributed by atoms with Gasteiger partial charge in [0.1, 0.15) is 5.56 Å². The molecule has 0 aliphatic rings. The zero-order valence-electron chi connectivity index (χ0n) is 11.2. The van der Waals surface area contributed by atoms with E-state index in [-0.39, 0.29) is 17.0 Å². The van der Waals surface area contributed by atoms with E-state index in [1.807, 2.05) is 31.2 Å². The van der Waals surface area contributed by atoms with Crippen molar-refractivity contribution in [1.29, 1.82) is 0 Å². The number of amides is 1. The van der Waals surface area contributed by atoms with Gasteiger partial charge in [0.2, 0.25) is 0 Å². The molecule has 0 radical (unpaired) electrons. The minimum atomic E-state index is -0.381. The molecule has 4 nitrogen and oxygen atoms in total. The molecular weight excluding hydrogens is 240 g/mol. The number of hydrogen-bond acceptors (Lipinski definition) is 2. The van der Waals surface area contributed by atoms with Gasteiger partial charge in [-0.3, -0.25) is 9.59 Å². The van der Waals surface area contributed by atoms with Gasteiger partial charge in [-0.05, 0) is 44.0 Å². The summed E-state index contributed by atoms with van der Waals surface area (Å²) in [7, 11) is 0. The highest BCUT2D eigenvalue weighted by Gasteiger charge is 2.14. The smallest absolute Gasteiger partial charge is 0.261 e. The molecule has 19 heavy (non-hydrogen) atoms. The highest BCUT2D eigenvalue weighted by atomic mass is 16.2. The quantitative estimate of drug-likeness (QED) is 0.867. The number of aromatic nitrogens is 1. The fraction of sp³-hybridized carbons (Fsp3) is 0.200. The minimum absolute atomic E-state index is 0.161. The van der Waals surface area contributed by atoms with E-state index in [4.69, 9.17) is 0 Å². The molecule has 0 bridgehead atoms. The van der Waals surface area contributed by atoms with Crippen LogP contribution in [0.3, 0.4) is 0 Å². The number of rotatable bonds is 2. The minimum Gasteiger partial charge on any atom is -0.326 e. The Labute approximate surface area is 111 Å². The first-order valence-electron chi connectivity index (χ1n) is 6.06. The summed E-state index contributed by atoms with van der Waals surface area (Å²) in [6.45, 7) is 5.45. The predicted octanol–water partition coefficient (Wildman–Crippen LogP) is 2.55. The second-order valence-corrected chi connectivity index (χ2v) is 4.61. The van der Waals surface area contributed by atoms with E-state index < -0.39 is 0 Å².